The predicted molar refractivity (Wildman–Crippen MR) is 31.5 cm³/mol. The molecule has 0 N–H and O–H groups in total. The van der Waals surface area contributed by atoms with Crippen molar-refractivity contribution < 1.29 is 4.74 Å². The lowest BCUT2D eigenvalue weighted by Gasteiger charge is -1.96. The first-order chi connectivity index (χ1) is 3.35. The van der Waals surface area contributed by atoms with E-state index in [-0.39, 0.29) is 0 Å². The normalized spacial score (nSPS) is 11.6. The van der Waals surface area contributed by atoms with Gasteiger partial charge in [0.2, 0.25) is 0 Å². The number of alkyl halides is 1. The summed E-state index contributed by atoms with van der Waals surface area (Å²) in [6.07, 6.45) is 1.84. The van der Waals surface area contributed by atoms with E-state index >= 15 is 0 Å². The summed E-state index contributed by atoms with van der Waals surface area (Å²) in [6.45, 7) is 1.89. The van der Waals surface area contributed by atoms with Crippen LogP contribution in [0.15, 0.2) is 11.8 Å². The minimum absolute atomic E-state index is 0.465. The molecule has 0 radical (unpaired) electrons. The van der Waals surface area contributed by atoms with E-state index in [0.29, 0.717) is 5.88 Å². The minimum Gasteiger partial charge on any atom is -0.500 e. The van der Waals surface area contributed by atoms with Crippen molar-refractivity contribution in [2.75, 3.05) is 13.0 Å². The second-order valence-corrected chi connectivity index (χ2v) is 1.36. The zero-order chi connectivity index (χ0) is 5.70. The Morgan fingerprint density at radius 1 is 1.86 bits per heavy atom. The Morgan fingerprint density at radius 3 is 2.43 bits per heavy atom. The van der Waals surface area contributed by atoms with Crippen LogP contribution in [0.1, 0.15) is 6.92 Å². The highest BCUT2D eigenvalue weighted by molar-refractivity contribution is 6.19. The summed E-state index contributed by atoms with van der Waals surface area (Å²) in [4.78, 5) is 0. The monoisotopic (exact) mass is 120 g/mol. The molecule has 0 saturated heterocycles. The zero-order valence-electron chi connectivity index (χ0n) is 4.57. The molecule has 0 saturated carbocycles. The standard InChI is InChI=1S/C5H9ClO/c1-3-5(4-6)7-2/h3H,4H2,1-2H3/b5-3+. The van der Waals surface area contributed by atoms with E-state index in [4.69, 9.17) is 16.3 Å². The molecular formula is C5H9ClO. The van der Waals surface area contributed by atoms with E-state index in [1.165, 1.54) is 0 Å². The summed E-state index contributed by atoms with van der Waals surface area (Å²) in [5, 5.41) is 0. The van der Waals surface area contributed by atoms with Gasteiger partial charge in [-0.25, -0.2) is 0 Å². The molecule has 0 unspecified atom stereocenters. The number of allylic oxidation sites excluding steroid dienone is 2. The largest absolute Gasteiger partial charge is 0.500 e. The Morgan fingerprint density at radius 2 is 2.43 bits per heavy atom. The van der Waals surface area contributed by atoms with Crippen molar-refractivity contribution in [3.05, 3.63) is 11.8 Å². The van der Waals surface area contributed by atoms with Gasteiger partial charge in [-0.1, -0.05) is 0 Å². The van der Waals surface area contributed by atoms with Gasteiger partial charge in [-0.15, -0.1) is 11.6 Å². The van der Waals surface area contributed by atoms with Gasteiger partial charge in [0.1, 0.15) is 5.76 Å². The molecule has 0 aromatic rings. The molecule has 0 aromatic heterocycles. The second-order valence-electron chi connectivity index (χ2n) is 1.09. The lowest BCUT2D eigenvalue weighted by Crippen LogP contribution is -1.84. The molecule has 42 valence electrons. The SMILES string of the molecule is C/C=C(\CCl)OC. The molecule has 0 aliphatic carbocycles. The first kappa shape index (κ1) is 6.83. The van der Waals surface area contributed by atoms with Gasteiger partial charge in [0.05, 0.1) is 13.0 Å². The quantitative estimate of drug-likeness (QED) is 0.399. The van der Waals surface area contributed by atoms with E-state index in [1.807, 2.05) is 13.0 Å². The molecule has 0 spiro atoms. The second kappa shape index (κ2) is 4.00. The van der Waals surface area contributed by atoms with Crippen LogP contribution in [-0.2, 0) is 4.74 Å². The van der Waals surface area contributed by atoms with Gasteiger partial charge >= 0.3 is 0 Å². The first-order valence-corrected chi connectivity index (χ1v) is 2.63. The molecule has 0 aliphatic heterocycles. The van der Waals surface area contributed by atoms with Crippen molar-refractivity contribution in [1.29, 1.82) is 0 Å². The maximum Gasteiger partial charge on any atom is 0.106 e. The molecule has 0 aromatic carbocycles. The van der Waals surface area contributed by atoms with E-state index in [1.54, 1.807) is 7.11 Å². The molecule has 0 heterocycles. The first-order valence-electron chi connectivity index (χ1n) is 2.10. The third kappa shape index (κ3) is 2.52. The smallest absolute Gasteiger partial charge is 0.106 e. The van der Waals surface area contributed by atoms with Gasteiger partial charge in [-0.3, -0.25) is 0 Å². The average molecular weight is 121 g/mol. The van der Waals surface area contributed by atoms with Gasteiger partial charge in [0, 0.05) is 0 Å². The van der Waals surface area contributed by atoms with Gasteiger partial charge in [-0.05, 0) is 13.0 Å². The highest BCUT2D eigenvalue weighted by Crippen LogP contribution is 1.95. The molecule has 2 heteroatoms. The fraction of sp³-hybridized carbons (Fsp3) is 0.600. The number of methoxy groups -OCH3 is 1. The van der Waals surface area contributed by atoms with Crippen molar-refractivity contribution in [1.82, 2.24) is 0 Å². The fourth-order valence-corrected chi connectivity index (χ4v) is 0.513. The Balaban J connectivity index is 3.38. The van der Waals surface area contributed by atoms with Gasteiger partial charge in [0.15, 0.2) is 0 Å². The van der Waals surface area contributed by atoms with Gasteiger partial charge < -0.3 is 4.74 Å². The lowest BCUT2D eigenvalue weighted by atomic mass is 10.5. The number of ether oxygens (including phenoxy) is 1. The highest BCUT2D eigenvalue weighted by atomic mass is 35.5. The summed E-state index contributed by atoms with van der Waals surface area (Å²) in [5.74, 6) is 1.29. The van der Waals surface area contributed by atoms with Crippen LogP contribution in [0.3, 0.4) is 0 Å². The molecule has 0 bridgehead atoms. The molecule has 0 atom stereocenters. The van der Waals surface area contributed by atoms with Crippen LogP contribution >= 0.6 is 11.6 Å². The van der Waals surface area contributed by atoms with Crippen molar-refractivity contribution in [3.63, 3.8) is 0 Å². The van der Waals surface area contributed by atoms with Crippen LogP contribution in [0.25, 0.3) is 0 Å². The Kier molecular flexibility index (Phi) is 3.90. The number of halogens is 1. The Hall–Kier alpha value is -0.170. The van der Waals surface area contributed by atoms with Crippen molar-refractivity contribution in [2.24, 2.45) is 0 Å². The molecule has 1 nitrogen and oxygen atoms in total. The maximum atomic E-state index is 5.37. The van der Waals surface area contributed by atoms with E-state index < -0.39 is 0 Å². The van der Waals surface area contributed by atoms with Crippen LogP contribution in [0.4, 0.5) is 0 Å². The molecule has 7 heavy (non-hydrogen) atoms. The number of hydrogen-bond acceptors (Lipinski definition) is 1. The van der Waals surface area contributed by atoms with E-state index in [0.717, 1.165) is 5.76 Å². The molecule has 0 aliphatic rings. The van der Waals surface area contributed by atoms with Crippen molar-refractivity contribution in [3.8, 4) is 0 Å². The van der Waals surface area contributed by atoms with Gasteiger partial charge in [0.25, 0.3) is 0 Å². The summed E-state index contributed by atoms with van der Waals surface area (Å²) >= 11 is 5.37. The van der Waals surface area contributed by atoms with E-state index in [9.17, 15) is 0 Å². The van der Waals surface area contributed by atoms with Gasteiger partial charge in [-0.2, -0.15) is 0 Å². The molecule has 0 amide bonds. The third-order valence-corrected chi connectivity index (χ3v) is 0.979. The predicted octanol–water partition coefficient (Wildman–Crippen LogP) is 1.78. The Labute approximate surface area is 48.9 Å². The number of rotatable bonds is 2. The summed E-state index contributed by atoms with van der Waals surface area (Å²) < 4.78 is 4.78. The molecule has 0 fully saturated rings. The molecular weight excluding hydrogens is 112 g/mol. The van der Waals surface area contributed by atoms with Crippen LogP contribution < -0.4 is 0 Å². The third-order valence-electron chi connectivity index (χ3n) is 0.716. The van der Waals surface area contributed by atoms with Crippen molar-refractivity contribution in [2.45, 2.75) is 6.92 Å². The summed E-state index contributed by atoms with van der Waals surface area (Å²) in [6, 6.07) is 0. The van der Waals surface area contributed by atoms with Crippen LogP contribution in [0.5, 0.6) is 0 Å². The minimum atomic E-state index is 0.465. The van der Waals surface area contributed by atoms with Crippen LogP contribution in [0, 0.1) is 0 Å². The van der Waals surface area contributed by atoms with Crippen molar-refractivity contribution >= 4 is 11.6 Å². The highest BCUT2D eigenvalue weighted by Gasteiger charge is 1.84. The molecule has 0 rings (SSSR count). The summed E-state index contributed by atoms with van der Waals surface area (Å²) in [5.41, 5.74) is 0. The number of hydrogen-bond donors (Lipinski definition) is 0. The average Bonchev–Trinajstić information content (AvgIpc) is 1.72. The topological polar surface area (TPSA) is 9.23 Å². The van der Waals surface area contributed by atoms with Crippen LogP contribution in [0.2, 0.25) is 0 Å². The lowest BCUT2D eigenvalue weighted by molar-refractivity contribution is 0.294. The summed E-state index contributed by atoms with van der Waals surface area (Å²) in [7, 11) is 1.61. The fourth-order valence-electron chi connectivity index (χ4n) is 0.250. The maximum absolute atomic E-state index is 5.37. The Bertz CT molecular complexity index is 62.5. The van der Waals surface area contributed by atoms with E-state index in [2.05, 4.69) is 0 Å². The van der Waals surface area contributed by atoms with Crippen LogP contribution in [-0.4, -0.2) is 13.0 Å². The zero-order valence-corrected chi connectivity index (χ0v) is 5.33.